The first-order valence-corrected chi connectivity index (χ1v) is 14.8. The molecule has 0 saturated carbocycles. The highest BCUT2D eigenvalue weighted by atomic mass is 32.2. The Morgan fingerprint density at radius 2 is 1.66 bits per heavy atom. The van der Waals surface area contributed by atoms with Crippen LogP contribution >= 0.6 is 11.3 Å². The van der Waals surface area contributed by atoms with E-state index in [2.05, 4.69) is 15.2 Å². The molecule has 5 rings (SSSR count). The normalized spacial score (nSPS) is 17.6. The minimum Gasteiger partial charge on any atom is -0.382 e. The molecule has 3 N–H and O–H groups in total. The Kier molecular flexibility index (Phi) is 7.75. The van der Waals surface area contributed by atoms with Crippen molar-refractivity contribution in [2.75, 3.05) is 37.2 Å². The van der Waals surface area contributed by atoms with E-state index >= 15 is 0 Å². The molecule has 2 aromatic carbocycles. The number of likely N-dealkylation sites (tertiary alicyclic amines) is 1. The highest BCUT2D eigenvalue weighted by molar-refractivity contribution is 7.89. The van der Waals surface area contributed by atoms with E-state index in [9.17, 15) is 22.0 Å². The minimum atomic E-state index is -3.61. The number of nitrogens with zero attached hydrogens (tertiary/aromatic N) is 3. The number of aromatic nitrogens is 1. The molecule has 2 fully saturated rings. The molecule has 0 spiro atoms. The minimum absolute atomic E-state index is 0.0512. The maximum absolute atomic E-state index is 14.1. The van der Waals surface area contributed by atoms with Gasteiger partial charge in [0.2, 0.25) is 15.8 Å². The molecule has 8 nitrogen and oxygen atoms in total. The molecule has 0 radical (unpaired) electrons. The molecule has 0 unspecified atom stereocenters. The van der Waals surface area contributed by atoms with E-state index in [4.69, 9.17) is 5.73 Å². The highest BCUT2D eigenvalue weighted by Gasteiger charge is 2.30. The number of sulfonamides is 1. The molecular weight excluding hydrogens is 532 g/mol. The van der Waals surface area contributed by atoms with Crippen molar-refractivity contribution in [3.05, 3.63) is 70.1 Å². The summed E-state index contributed by atoms with van der Waals surface area (Å²) in [5, 5.41) is 3.54. The van der Waals surface area contributed by atoms with Crippen molar-refractivity contribution in [3.63, 3.8) is 0 Å². The molecule has 2 aliphatic heterocycles. The molecule has 2 aliphatic rings. The number of benzene rings is 2. The molecule has 2 saturated heterocycles. The lowest BCUT2D eigenvalue weighted by Gasteiger charge is -2.31. The number of anilines is 2. The predicted octanol–water partition coefficient (Wildman–Crippen LogP) is 4.10. The van der Waals surface area contributed by atoms with Crippen molar-refractivity contribution >= 4 is 38.1 Å². The number of halogens is 2. The van der Waals surface area contributed by atoms with Crippen molar-refractivity contribution < 1.29 is 22.0 Å². The third kappa shape index (κ3) is 5.58. The number of carbonyl (C=O) groups is 1. The van der Waals surface area contributed by atoms with Crippen molar-refractivity contribution in [2.45, 2.75) is 43.2 Å². The number of nitrogen functional groups attached to an aromatic ring is 1. The third-order valence-corrected chi connectivity index (χ3v) is 9.91. The fraction of sp³-hybridized carbons (Fsp3) is 0.385. The van der Waals surface area contributed by atoms with Crippen LogP contribution in [0.25, 0.3) is 0 Å². The summed E-state index contributed by atoms with van der Waals surface area (Å²) in [5.41, 5.74) is 6.32. The van der Waals surface area contributed by atoms with Gasteiger partial charge in [-0.25, -0.2) is 22.2 Å². The lowest BCUT2D eigenvalue weighted by Crippen LogP contribution is -2.42. The van der Waals surface area contributed by atoms with Gasteiger partial charge in [-0.05, 0) is 68.6 Å². The van der Waals surface area contributed by atoms with Crippen molar-refractivity contribution in [3.8, 4) is 0 Å². The summed E-state index contributed by atoms with van der Waals surface area (Å²) in [5.74, 6) is -2.91. The van der Waals surface area contributed by atoms with E-state index in [0.29, 0.717) is 31.1 Å². The number of ketones is 1. The molecule has 12 heteroatoms. The molecule has 202 valence electrons. The molecule has 3 aromatic rings. The average molecular weight is 562 g/mol. The summed E-state index contributed by atoms with van der Waals surface area (Å²) in [6.07, 6.45) is 3.47. The summed E-state index contributed by atoms with van der Waals surface area (Å²) in [6.45, 7) is 3.64. The quantitative estimate of drug-likeness (QED) is 0.399. The lowest BCUT2D eigenvalue weighted by molar-refractivity contribution is 0.103. The van der Waals surface area contributed by atoms with E-state index in [-0.39, 0.29) is 21.6 Å². The van der Waals surface area contributed by atoms with Gasteiger partial charge in [0, 0.05) is 25.7 Å². The van der Waals surface area contributed by atoms with Crippen LogP contribution in [0.2, 0.25) is 0 Å². The summed E-state index contributed by atoms with van der Waals surface area (Å²) in [7, 11) is -3.61. The monoisotopic (exact) mass is 561 g/mol. The number of piperidine rings is 1. The van der Waals surface area contributed by atoms with Crippen LogP contribution in [0.3, 0.4) is 0 Å². The summed E-state index contributed by atoms with van der Waals surface area (Å²) >= 11 is 0.924. The fourth-order valence-corrected chi connectivity index (χ4v) is 7.29. The summed E-state index contributed by atoms with van der Waals surface area (Å²) in [4.78, 5) is 19.5. The molecule has 0 bridgehead atoms. The van der Waals surface area contributed by atoms with Gasteiger partial charge in [-0.2, -0.15) is 4.31 Å². The Hall–Kier alpha value is -2.93. The Morgan fingerprint density at radius 3 is 2.29 bits per heavy atom. The molecular formula is C26H29F2N5O3S2. The second kappa shape index (κ2) is 11.0. The van der Waals surface area contributed by atoms with Crippen LogP contribution in [0.5, 0.6) is 0 Å². The lowest BCUT2D eigenvalue weighted by atomic mass is 10.1. The maximum Gasteiger partial charge on any atom is 0.243 e. The zero-order valence-electron chi connectivity index (χ0n) is 20.7. The van der Waals surface area contributed by atoms with Crippen LogP contribution in [-0.4, -0.2) is 60.6 Å². The molecule has 0 amide bonds. The molecule has 0 atom stereocenters. The first-order chi connectivity index (χ1) is 18.2. The maximum atomic E-state index is 14.1. The van der Waals surface area contributed by atoms with Gasteiger partial charge in [0.05, 0.1) is 10.5 Å². The van der Waals surface area contributed by atoms with Gasteiger partial charge in [-0.15, -0.1) is 0 Å². The number of nitrogens with one attached hydrogen (secondary N) is 1. The number of rotatable bonds is 8. The van der Waals surface area contributed by atoms with E-state index < -0.39 is 33.0 Å². The number of thiazole rings is 1. The second-order valence-corrected chi connectivity index (χ2v) is 12.5. The van der Waals surface area contributed by atoms with Gasteiger partial charge in [-0.1, -0.05) is 29.5 Å². The summed E-state index contributed by atoms with van der Waals surface area (Å²) < 4.78 is 56.0. The zero-order chi connectivity index (χ0) is 26.9. The number of hydrogen-bond donors (Lipinski definition) is 2. The van der Waals surface area contributed by atoms with Gasteiger partial charge in [0.15, 0.2) is 5.13 Å². The van der Waals surface area contributed by atoms with Gasteiger partial charge < -0.3 is 11.1 Å². The Bertz CT molecular complexity index is 1390. The van der Waals surface area contributed by atoms with E-state index in [1.54, 1.807) is 12.1 Å². The first kappa shape index (κ1) is 26.7. The Morgan fingerprint density at radius 1 is 1.03 bits per heavy atom. The van der Waals surface area contributed by atoms with E-state index in [0.717, 1.165) is 48.7 Å². The van der Waals surface area contributed by atoms with E-state index in [1.165, 1.54) is 23.2 Å². The van der Waals surface area contributed by atoms with Crippen LogP contribution in [-0.2, 0) is 16.6 Å². The van der Waals surface area contributed by atoms with Crippen LogP contribution < -0.4 is 11.1 Å². The number of nitrogens with two attached hydrogens (primary N) is 1. The predicted molar refractivity (Wildman–Crippen MR) is 143 cm³/mol. The zero-order valence-corrected chi connectivity index (χ0v) is 22.3. The second-order valence-electron chi connectivity index (χ2n) is 9.61. The largest absolute Gasteiger partial charge is 0.382 e. The van der Waals surface area contributed by atoms with E-state index in [1.807, 2.05) is 12.1 Å². The van der Waals surface area contributed by atoms with Crippen LogP contribution in [0.1, 0.15) is 46.5 Å². The number of hydrogen-bond acceptors (Lipinski definition) is 8. The first-order valence-electron chi connectivity index (χ1n) is 12.6. The van der Waals surface area contributed by atoms with Gasteiger partial charge in [0.1, 0.15) is 22.3 Å². The molecule has 38 heavy (non-hydrogen) atoms. The molecule has 3 heterocycles. The summed E-state index contributed by atoms with van der Waals surface area (Å²) in [6, 6.07) is 10.2. The topological polar surface area (TPSA) is 109 Å². The van der Waals surface area contributed by atoms with Crippen LogP contribution in [0.15, 0.2) is 47.4 Å². The SMILES string of the molecule is Nc1nc(NC2CCN(S(=O)(=O)c3ccc(CN4CCCC4)cc3)CC2)sc1C(=O)c1c(F)cccc1F. The van der Waals surface area contributed by atoms with Crippen molar-refractivity contribution in [2.24, 2.45) is 0 Å². The molecule has 0 aliphatic carbocycles. The highest BCUT2D eigenvalue weighted by Crippen LogP contribution is 2.31. The van der Waals surface area contributed by atoms with Gasteiger partial charge in [-0.3, -0.25) is 9.69 Å². The van der Waals surface area contributed by atoms with Crippen molar-refractivity contribution in [1.82, 2.24) is 14.2 Å². The average Bonchev–Trinajstić information content (AvgIpc) is 3.54. The molecule has 1 aromatic heterocycles. The smallest absolute Gasteiger partial charge is 0.243 e. The Balaban J connectivity index is 1.19. The Labute approximate surface area is 224 Å². The van der Waals surface area contributed by atoms with Gasteiger partial charge in [0.25, 0.3) is 0 Å². The van der Waals surface area contributed by atoms with Crippen molar-refractivity contribution in [1.29, 1.82) is 0 Å². The third-order valence-electron chi connectivity index (χ3n) is 7.00. The van der Waals surface area contributed by atoms with Crippen LogP contribution in [0, 0.1) is 11.6 Å². The number of carbonyl (C=O) groups excluding carboxylic acids is 1. The fourth-order valence-electron chi connectivity index (χ4n) is 4.91. The van der Waals surface area contributed by atoms with Crippen LogP contribution in [0.4, 0.5) is 19.7 Å². The van der Waals surface area contributed by atoms with Gasteiger partial charge >= 0.3 is 0 Å². The standard InChI is InChI=1S/C26H29F2N5O3S2/c27-20-4-3-5-21(28)22(20)23(34)24-25(29)31-26(37-24)30-18-10-14-33(15-11-18)38(35,36)19-8-6-17(7-9-19)16-32-12-1-2-13-32/h3-9,18H,1-2,10-16,29H2,(H,30,31).